The van der Waals surface area contributed by atoms with E-state index >= 15 is 0 Å². The van der Waals surface area contributed by atoms with Crippen molar-refractivity contribution in [1.82, 2.24) is 9.78 Å². The van der Waals surface area contributed by atoms with Crippen LogP contribution in [0.2, 0.25) is 0 Å². The van der Waals surface area contributed by atoms with Crippen LogP contribution in [0, 0.1) is 11.8 Å². The van der Waals surface area contributed by atoms with E-state index in [0.29, 0.717) is 11.3 Å². The van der Waals surface area contributed by atoms with Gasteiger partial charge in [0.2, 0.25) is 0 Å². The third-order valence-corrected chi connectivity index (χ3v) is 3.97. The molecule has 1 aromatic rings. The molecule has 1 aliphatic carbocycles. The molecular weight excluding hydrogens is 208 g/mol. The van der Waals surface area contributed by atoms with E-state index in [9.17, 15) is 0 Å². The standard InChI is InChI=1S/C12H19ClN2/c1-9-3-4-12(13)10(7-9)8-11-5-6-15(2)14-11/h5-6,9-10,12H,3-4,7-8H2,1-2H3. The molecular formula is C12H19ClN2. The van der Waals surface area contributed by atoms with Crippen LogP contribution in [-0.2, 0) is 13.5 Å². The highest BCUT2D eigenvalue weighted by atomic mass is 35.5. The van der Waals surface area contributed by atoms with Crippen molar-refractivity contribution in [2.75, 3.05) is 0 Å². The molecule has 1 aromatic heterocycles. The van der Waals surface area contributed by atoms with E-state index in [1.165, 1.54) is 25.0 Å². The average Bonchev–Trinajstić information content (AvgIpc) is 2.58. The maximum atomic E-state index is 6.37. The number of aryl methyl sites for hydroxylation is 1. The summed E-state index contributed by atoms with van der Waals surface area (Å²) in [6, 6.07) is 2.10. The van der Waals surface area contributed by atoms with E-state index in [1.807, 2.05) is 17.9 Å². The van der Waals surface area contributed by atoms with Gasteiger partial charge in [0.15, 0.2) is 0 Å². The molecule has 0 bridgehead atoms. The van der Waals surface area contributed by atoms with E-state index in [1.54, 1.807) is 0 Å². The fourth-order valence-electron chi connectivity index (χ4n) is 2.51. The second kappa shape index (κ2) is 4.56. The Morgan fingerprint density at radius 1 is 1.53 bits per heavy atom. The van der Waals surface area contributed by atoms with Crippen LogP contribution in [0.3, 0.4) is 0 Å². The van der Waals surface area contributed by atoms with Crippen molar-refractivity contribution in [2.45, 2.75) is 38.0 Å². The Hall–Kier alpha value is -0.500. The Balaban J connectivity index is 1.98. The van der Waals surface area contributed by atoms with E-state index < -0.39 is 0 Å². The Morgan fingerprint density at radius 3 is 3.00 bits per heavy atom. The fraction of sp³-hybridized carbons (Fsp3) is 0.750. The number of nitrogens with zero attached hydrogens (tertiary/aromatic N) is 2. The highest BCUT2D eigenvalue weighted by molar-refractivity contribution is 6.20. The van der Waals surface area contributed by atoms with E-state index in [2.05, 4.69) is 18.1 Å². The quantitative estimate of drug-likeness (QED) is 0.709. The highest BCUT2D eigenvalue weighted by Gasteiger charge is 2.27. The molecule has 3 unspecified atom stereocenters. The summed E-state index contributed by atoms with van der Waals surface area (Å²) in [5.41, 5.74) is 1.18. The minimum absolute atomic E-state index is 0.350. The van der Waals surface area contributed by atoms with Gasteiger partial charge < -0.3 is 0 Å². The predicted molar refractivity (Wildman–Crippen MR) is 63.1 cm³/mol. The number of halogens is 1. The number of aromatic nitrogens is 2. The SMILES string of the molecule is CC1CCC(Cl)C(Cc2ccn(C)n2)C1. The molecule has 3 heteroatoms. The number of alkyl halides is 1. The van der Waals surface area contributed by atoms with Gasteiger partial charge in [0, 0.05) is 18.6 Å². The van der Waals surface area contributed by atoms with Crippen LogP contribution < -0.4 is 0 Å². The molecule has 3 atom stereocenters. The molecule has 1 saturated carbocycles. The monoisotopic (exact) mass is 226 g/mol. The first-order valence-electron chi connectivity index (χ1n) is 5.77. The van der Waals surface area contributed by atoms with Crippen LogP contribution >= 0.6 is 11.6 Å². The van der Waals surface area contributed by atoms with Crippen molar-refractivity contribution in [1.29, 1.82) is 0 Å². The Labute approximate surface area is 96.6 Å². The van der Waals surface area contributed by atoms with Crippen molar-refractivity contribution in [3.63, 3.8) is 0 Å². The lowest BCUT2D eigenvalue weighted by atomic mass is 9.80. The van der Waals surface area contributed by atoms with Crippen LogP contribution in [0.4, 0.5) is 0 Å². The normalized spacial score (nSPS) is 31.8. The second-order valence-electron chi connectivity index (χ2n) is 4.88. The predicted octanol–water partition coefficient (Wildman–Crippen LogP) is 3.01. The minimum Gasteiger partial charge on any atom is -0.276 e. The van der Waals surface area contributed by atoms with Crippen molar-refractivity contribution >= 4 is 11.6 Å². The molecule has 0 aromatic carbocycles. The minimum atomic E-state index is 0.350. The zero-order valence-electron chi connectivity index (χ0n) is 9.49. The first-order chi connectivity index (χ1) is 7.15. The maximum absolute atomic E-state index is 6.37. The lowest BCUT2D eigenvalue weighted by Gasteiger charge is -2.30. The summed E-state index contributed by atoms with van der Waals surface area (Å²) in [4.78, 5) is 0. The van der Waals surface area contributed by atoms with E-state index in [4.69, 9.17) is 11.6 Å². The van der Waals surface area contributed by atoms with Crippen molar-refractivity contribution in [3.8, 4) is 0 Å². The lowest BCUT2D eigenvalue weighted by molar-refractivity contribution is 0.285. The van der Waals surface area contributed by atoms with Crippen LogP contribution in [0.25, 0.3) is 0 Å². The van der Waals surface area contributed by atoms with Gasteiger partial charge in [0.1, 0.15) is 0 Å². The summed E-state index contributed by atoms with van der Waals surface area (Å²) >= 11 is 6.37. The second-order valence-corrected chi connectivity index (χ2v) is 5.44. The Kier molecular flexibility index (Phi) is 3.35. The average molecular weight is 227 g/mol. The van der Waals surface area contributed by atoms with E-state index in [-0.39, 0.29) is 0 Å². The van der Waals surface area contributed by atoms with Gasteiger partial charge >= 0.3 is 0 Å². The molecule has 0 radical (unpaired) electrons. The van der Waals surface area contributed by atoms with Gasteiger partial charge in [-0.25, -0.2) is 0 Å². The molecule has 0 saturated heterocycles. The van der Waals surface area contributed by atoms with Gasteiger partial charge in [-0.15, -0.1) is 11.6 Å². The molecule has 1 aliphatic rings. The van der Waals surface area contributed by atoms with Crippen molar-refractivity contribution in [3.05, 3.63) is 18.0 Å². The highest BCUT2D eigenvalue weighted by Crippen LogP contribution is 2.34. The van der Waals surface area contributed by atoms with Crippen molar-refractivity contribution < 1.29 is 0 Å². The first kappa shape index (κ1) is 11.0. The molecule has 15 heavy (non-hydrogen) atoms. The summed E-state index contributed by atoms with van der Waals surface area (Å²) in [5, 5.41) is 4.77. The molecule has 2 rings (SSSR count). The Morgan fingerprint density at radius 2 is 2.33 bits per heavy atom. The lowest BCUT2D eigenvalue weighted by Crippen LogP contribution is -2.26. The third kappa shape index (κ3) is 2.75. The summed E-state index contributed by atoms with van der Waals surface area (Å²) in [6.45, 7) is 2.33. The molecule has 0 amide bonds. The van der Waals surface area contributed by atoms with Crippen LogP contribution in [0.5, 0.6) is 0 Å². The van der Waals surface area contributed by atoms with Crippen molar-refractivity contribution in [2.24, 2.45) is 18.9 Å². The number of hydrogen-bond donors (Lipinski definition) is 0. The zero-order valence-corrected chi connectivity index (χ0v) is 10.2. The van der Waals surface area contributed by atoms with Gasteiger partial charge in [0.05, 0.1) is 5.69 Å². The van der Waals surface area contributed by atoms with Gasteiger partial charge in [-0.2, -0.15) is 5.10 Å². The number of rotatable bonds is 2. The Bertz CT molecular complexity index is 321. The van der Waals surface area contributed by atoms with E-state index in [0.717, 1.165) is 12.3 Å². The molecule has 1 fully saturated rings. The van der Waals surface area contributed by atoms with Crippen LogP contribution in [0.15, 0.2) is 12.3 Å². The fourth-order valence-corrected chi connectivity index (χ4v) is 2.83. The summed E-state index contributed by atoms with van der Waals surface area (Å²) < 4.78 is 1.87. The van der Waals surface area contributed by atoms with Gasteiger partial charge in [0.25, 0.3) is 0 Å². The van der Waals surface area contributed by atoms with Gasteiger partial charge in [-0.1, -0.05) is 6.92 Å². The largest absolute Gasteiger partial charge is 0.276 e. The first-order valence-corrected chi connectivity index (χ1v) is 6.21. The summed E-state index contributed by atoms with van der Waals surface area (Å²) in [7, 11) is 1.96. The summed E-state index contributed by atoms with van der Waals surface area (Å²) in [6.07, 6.45) is 6.75. The van der Waals surface area contributed by atoms with Crippen LogP contribution in [-0.4, -0.2) is 15.2 Å². The van der Waals surface area contributed by atoms with Gasteiger partial charge in [-0.3, -0.25) is 4.68 Å². The third-order valence-electron chi connectivity index (χ3n) is 3.39. The molecule has 84 valence electrons. The molecule has 2 nitrogen and oxygen atoms in total. The van der Waals surface area contributed by atoms with Crippen LogP contribution in [0.1, 0.15) is 31.9 Å². The molecule has 0 aliphatic heterocycles. The molecule has 0 N–H and O–H groups in total. The summed E-state index contributed by atoms with van der Waals surface area (Å²) in [5.74, 6) is 1.44. The topological polar surface area (TPSA) is 17.8 Å². The molecule has 0 spiro atoms. The number of hydrogen-bond acceptors (Lipinski definition) is 1. The molecule has 1 heterocycles. The maximum Gasteiger partial charge on any atom is 0.0627 e. The smallest absolute Gasteiger partial charge is 0.0627 e. The van der Waals surface area contributed by atoms with Gasteiger partial charge in [-0.05, 0) is 43.6 Å². The zero-order chi connectivity index (χ0) is 10.8.